The molecule has 0 saturated heterocycles. The Morgan fingerprint density at radius 2 is 1.85 bits per heavy atom. The maximum absolute atomic E-state index is 11.9. The molecule has 6 heteroatoms. The standard InChI is InChI=1S/C14H22N2O3S/c1-9-7-20-8-10(9)6-15-12(19)16-14(4,5)13(2,3)11(17)18/h7-8H,6H2,1-5H3,(H,17,18)(H2,15,16,19). The van der Waals surface area contributed by atoms with Crippen molar-refractivity contribution in [2.45, 2.75) is 46.7 Å². The van der Waals surface area contributed by atoms with E-state index in [0.717, 1.165) is 11.1 Å². The molecule has 20 heavy (non-hydrogen) atoms. The van der Waals surface area contributed by atoms with Crippen LogP contribution in [0.2, 0.25) is 0 Å². The van der Waals surface area contributed by atoms with E-state index in [0.29, 0.717) is 6.54 Å². The number of aryl methyl sites for hydroxylation is 1. The Balaban J connectivity index is 2.62. The van der Waals surface area contributed by atoms with E-state index in [1.54, 1.807) is 39.0 Å². The molecule has 112 valence electrons. The van der Waals surface area contributed by atoms with Crippen molar-refractivity contribution < 1.29 is 14.7 Å². The van der Waals surface area contributed by atoms with Gasteiger partial charge in [-0.05, 0) is 56.5 Å². The zero-order chi connectivity index (χ0) is 15.6. The summed E-state index contributed by atoms with van der Waals surface area (Å²) in [5.74, 6) is -0.948. The largest absolute Gasteiger partial charge is 0.481 e. The van der Waals surface area contributed by atoms with Crippen molar-refractivity contribution in [2.75, 3.05) is 0 Å². The highest BCUT2D eigenvalue weighted by Crippen LogP contribution is 2.30. The van der Waals surface area contributed by atoms with Crippen LogP contribution in [0.15, 0.2) is 10.8 Å². The molecule has 0 spiro atoms. The second kappa shape index (κ2) is 5.83. The van der Waals surface area contributed by atoms with Crippen LogP contribution >= 0.6 is 11.3 Å². The Kier molecular flexibility index (Phi) is 4.81. The fourth-order valence-corrected chi connectivity index (χ4v) is 2.35. The Morgan fingerprint density at radius 1 is 1.25 bits per heavy atom. The summed E-state index contributed by atoms with van der Waals surface area (Å²) in [5.41, 5.74) is 0.274. The van der Waals surface area contributed by atoms with Crippen molar-refractivity contribution in [3.05, 3.63) is 21.9 Å². The molecular formula is C14H22N2O3S. The number of carboxylic acid groups (broad SMARTS) is 1. The minimum atomic E-state index is -1.07. The monoisotopic (exact) mass is 298 g/mol. The van der Waals surface area contributed by atoms with Gasteiger partial charge in [0.05, 0.1) is 11.0 Å². The third-order valence-electron chi connectivity index (χ3n) is 3.92. The molecule has 0 aliphatic carbocycles. The Hall–Kier alpha value is -1.56. The molecule has 5 nitrogen and oxygen atoms in total. The zero-order valence-electron chi connectivity index (χ0n) is 12.5. The van der Waals surface area contributed by atoms with E-state index in [4.69, 9.17) is 0 Å². The van der Waals surface area contributed by atoms with E-state index >= 15 is 0 Å². The van der Waals surface area contributed by atoms with Crippen LogP contribution in [0.5, 0.6) is 0 Å². The van der Waals surface area contributed by atoms with Gasteiger partial charge in [0.1, 0.15) is 0 Å². The molecule has 0 saturated carbocycles. The molecule has 0 aliphatic rings. The molecule has 1 aromatic rings. The molecular weight excluding hydrogens is 276 g/mol. The average Bonchev–Trinajstić information content (AvgIpc) is 2.71. The number of carboxylic acids is 1. The van der Waals surface area contributed by atoms with E-state index in [-0.39, 0.29) is 6.03 Å². The van der Waals surface area contributed by atoms with Crippen LogP contribution in [0, 0.1) is 12.3 Å². The van der Waals surface area contributed by atoms with Crippen LogP contribution in [-0.4, -0.2) is 22.6 Å². The van der Waals surface area contributed by atoms with Crippen LogP contribution < -0.4 is 10.6 Å². The number of aliphatic carboxylic acids is 1. The summed E-state index contributed by atoms with van der Waals surface area (Å²) in [6.45, 7) is 9.03. The first-order valence-electron chi connectivity index (χ1n) is 6.39. The van der Waals surface area contributed by atoms with Crippen molar-refractivity contribution in [3.63, 3.8) is 0 Å². The number of rotatable bonds is 5. The number of urea groups is 1. The number of nitrogens with one attached hydrogen (secondary N) is 2. The van der Waals surface area contributed by atoms with Gasteiger partial charge in [-0.2, -0.15) is 11.3 Å². The number of carbonyl (C=O) groups excluding carboxylic acids is 1. The van der Waals surface area contributed by atoms with Crippen molar-refractivity contribution >= 4 is 23.3 Å². The maximum Gasteiger partial charge on any atom is 0.315 e. The number of hydrogen-bond acceptors (Lipinski definition) is 3. The normalized spacial score (nSPS) is 12.1. The van der Waals surface area contributed by atoms with Crippen LogP contribution in [0.3, 0.4) is 0 Å². The summed E-state index contributed by atoms with van der Waals surface area (Å²) in [6.07, 6.45) is 0. The van der Waals surface area contributed by atoms with Crippen molar-refractivity contribution in [3.8, 4) is 0 Å². The minimum absolute atomic E-state index is 0.366. The Labute approximate surface area is 123 Å². The molecule has 0 fully saturated rings. The average molecular weight is 298 g/mol. The first-order valence-corrected chi connectivity index (χ1v) is 7.33. The summed E-state index contributed by atoms with van der Waals surface area (Å²) in [4.78, 5) is 23.2. The number of carbonyl (C=O) groups is 2. The number of hydrogen-bond donors (Lipinski definition) is 3. The fraction of sp³-hybridized carbons (Fsp3) is 0.571. The lowest BCUT2D eigenvalue weighted by Gasteiger charge is -2.38. The van der Waals surface area contributed by atoms with Crippen LogP contribution in [0.1, 0.15) is 38.8 Å². The lowest BCUT2D eigenvalue weighted by atomic mass is 9.74. The lowest BCUT2D eigenvalue weighted by molar-refractivity contribution is -0.150. The van der Waals surface area contributed by atoms with Crippen LogP contribution in [-0.2, 0) is 11.3 Å². The van der Waals surface area contributed by atoms with Gasteiger partial charge in [-0.1, -0.05) is 0 Å². The zero-order valence-corrected chi connectivity index (χ0v) is 13.4. The summed E-state index contributed by atoms with van der Waals surface area (Å²) in [6, 6.07) is -0.366. The topological polar surface area (TPSA) is 78.4 Å². The molecule has 0 bridgehead atoms. The van der Waals surface area contributed by atoms with Gasteiger partial charge in [0.15, 0.2) is 0 Å². The molecule has 0 radical (unpaired) electrons. The Morgan fingerprint density at radius 3 is 2.30 bits per heavy atom. The first-order chi connectivity index (χ1) is 9.08. The molecule has 0 aromatic carbocycles. The first kappa shape index (κ1) is 16.5. The third-order valence-corrected chi connectivity index (χ3v) is 4.83. The van der Waals surface area contributed by atoms with Crippen LogP contribution in [0.4, 0.5) is 4.79 Å². The Bertz CT molecular complexity index is 506. The maximum atomic E-state index is 11.9. The summed E-state index contributed by atoms with van der Waals surface area (Å²) in [5, 5.41) is 18.7. The molecule has 0 aliphatic heterocycles. The van der Waals surface area contributed by atoms with E-state index in [2.05, 4.69) is 10.6 Å². The van der Waals surface area contributed by atoms with Crippen molar-refractivity contribution in [1.29, 1.82) is 0 Å². The predicted molar refractivity (Wildman–Crippen MR) is 79.9 cm³/mol. The van der Waals surface area contributed by atoms with Gasteiger partial charge in [0.25, 0.3) is 0 Å². The summed E-state index contributed by atoms with van der Waals surface area (Å²) >= 11 is 1.59. The van der Waals surface area contributed by atoms with Crippen molar-refractivity contribution in [1.82, 2.24) is 10.6 Å². The summed E-state index contributed by atoms with van der Waals surface area (Å²) < 4.78 is 0. The van der Waals surface area contributed by atoms with Gasteiger partial charge in [0, 0.05) is 6.54 Å². The lowest BCUT2D eigenvalue weighted by Crippen LogP contribution is -2.58. The second-order valence-corrected chi connectivity index (χ2v) is 6.69. The quantitative estimate of drug-likeness (QED) is 0.782. The highest BCUT2D eigenvalue weighted by Gasteiger charge is 2.44. The molecule has 2 amide bonds. The van der Waals surface area contributed by atoms with Crippen molar-refractivity contribution in [2.24, 2.45) is 5.41 Å². The molecule has 3 N–H and O–H groups in total. The fourth-order valence-electron chi connectivity index (χ4n) is 1.50. The smallest absolute Gasteiger partial charge is 0.315 e. The second-order valence-electron chi connectivity index (χ2n) is 5.94. The van der Waals surface area contributed by atoms with Gasteiger partial charge in [-0.3, -0.25) is 4.79 Å². The van der Waals surface area contributed by atoms with E-state index in [1.807, 2.05) is 17.7 Å². The van der Waals surface area contributed by atoms with Gasteiger partial charge in [0.2, 0.25) is 0 Å². The number of amides is 2. The van der Waals surface area contributed by atoms with Gasteiger partial charge < -0.3 is 15.7 Å². The molecule has 0 unspecified atom stereocenters. The van der Waals surface area contributed by atoms with Crippen LogP contribution in [0.25, 0.3) is 0 Å². The number of thiophene rings is 1. The predicted octanol–water partition coefficient (Wildman–Crippen LogP) is 2.75. The summed E-state index contributed by atoms with van der Waals surface area (Å²) in [7, 11) is 0. The third kappa shape index (κ3) is 3.50. The molecule has 0 atom stereocenters. The highest BCUT2D eigenvalue weighted by molar-refractivity contribution is 7.08. The molecule has 1 rings (SSSR count). The molecule has 1 aromatic heterocycles. The highest BCUT2D eigenvalue weighted by atomic mass is 32.1. The SMILES string of the molecule is Cc1cscc1CNC(=O)NC(C)(C)C(C)(C)C(=O)O. The van der Waals surface area contributed by atoms with Gasteiger partial charge in [-0.15, -0.1) is 0 Å². The molecule has 1 heterocycles. The van der Waals surface area contributed by atoms with E-state index < -0.39 is 16.9 Å². The van der Waals surface area contributed by atoms with Gasteiger partial charge >= 0.3 is 12.0 Å². The van der Waals surface area contributed by atoms with E-state index in [9.17, 15) is 14.7 Å². The van der Waals surface area contributed by atoms with E-state index in [1.165, 1.54) is 0 Å². The van der Waals surface area contributed by atoms with Gasteiger partial charge in [-0.25, -0.2) is 4.79 Å². The minimum Gasteiger partial charge on any atom is -0.481 e.